The number of ether oxygens (including phenoxy) is 1. The Morgan fingerprint density at radius 3 is 2.52 bits per heavy atom. The lowest BCUT2D eigenvalue weighted by molar-refractivity contribution is -0.145. The second-order valence-corrected chi connectivity index (χ2v) is 5.03. The predicted octanol–water partition coefficient (Wildman–Crippen LogP) is 2.50. The minimum Gasteiger partial charge on any atom is -0.469 e. The lowest BCUT2D eigenvalue weighted by atomic mass is 9.94. The molecule has 0 radical (unpaired) electrons. The monoisotopic (exact) mass is 316 g/mol. The molecule has 0 fully saturated rings. The van der Waals surface area contributed by atoms with Gasteiger partial charge in [-0.15, -0.1) is 0 Å². The number of amides is 1. The van der Waals surface area contributed by atoms with Gasteiger partial charge in [-0.1, -0.05) is 30.3 Å². The number of pyridine rings is 1. The quantitative estimate of drug-likeness (QED) is 0.861. The summed E-state index contributed by atoms with van der Waals surface area (Å²) in [5.74, 6) is -2.43. The van der Waals surface area contributed by atoms with Crippen molar-refractivity contribution < 1.29 is 18.7 Å². The first kappa shape index (κ1) is 16.6. The van der Waals surface area contributed by atoms with E-state index in [1.54, 1.807) is 31.2 Å². The molecule has 120 valence electrons. The number of hydrogen-bond donors (Lipinski definition) is 1. The van der Waals surface area contributed by atoms with Gasteiger partial charge in [0, 0.05) is 6.20 Å². The fourth-order valence-electron chi connectivity index (χ4n) is 2.26. The third-order valence-corrected chi connectivity index (χ3v) is 3.54. The SMILES string of the molecule is COC(=O)[C@@H](C)[C@@H](NC(=O)c1ccncc1F)c1ccccc1. The van der Waals surface area contributed by atoms with Gasteiger partial charge < -0.3 is 10.1 Å². The van der Waals surface area contributed by atoms with Gasteiger partial charge in [0.05, 0.1) is 30.8 Å². The number of nitrogens with zero attached hydrogens (tertiary/aromatic N) is 1. The smallest absolute Gasteiger partial charge is 0.310 e. The zero-order valence-electron chi connectivity index (χ0n) is 12.8. The van der Waals surface area contributed by atoms with E-state index in [0.29, 0.717) is 0 Å². The summed E-state index contributed by atoms with van der Waals surface area (Å²) < 4.78 is 18.5. The first-order valence-corrected chi connectivity index (χ1v) is 7.07. The van der Waals surface area contributed by atoms with Crippen LogP contribution in [-0.4, -0.2) is 24.0 Å². The Morgan fingerprint density at radius 2 is 1.91 bits per heavy atom. The summed E-state index contributed by atoms with van der Waals surface area (Å²) in [6.07, 6.45) is 2.30. The zero-order valence-corrected chi connectivity index (χ0v) is 12.8. The third kappa shape index (κ3) is 3.91. The first-order valence-electron chi connectivity index (χ1n) is 7.07. The highest BCUT2D eigenvalue weighted by Crippen LogP contribution is 2.23. The molecule has 1 heterocycles. The molecular formula is C17H17FN2O3. The Kier molecular flexibility index (Phi) is 5.41. The fourth-order valence-corrected chi connectivity index (χ4v) is 2.26. The number of esters is 1. The highest BCUT2D eigenvalue weighted by molar-refractivity contribution is 5.94. The molecule has 1 aromatic heterocycles. The highest BCUT2D eigenvalue weighted by Gasteiger charge is 2.28. The largest absolute Gasteiger partial charge is 0.469 e. The summed E-state index contributed by atoms with van der Waals surface area (Å²) in [6.45, 7) is 1.65. The van der Waals surface area contributed by atoms with Gasteiger partial charge in [-0.25, -0.2) is 4.39 Å². The van der Waals surface area contributed by atoms with Crippen LogP contribution in [0, 0.1) is 11.7 Å². The maximum atomic E-state index is 13.7. The molecule has 1 amide bonds. The van der Waals surface area contributed by atoms with E-state index in [4.69, 9.17) is 4.74 Å². The van der Waals surface area contributed by atoms with Crippen molar-refractivity contribution in [2.24, 2.45) is 5.92 Å². The lowest BCUT2D eigenvalue weighted by Crippen LogP contribution is -2.36. The molecule has 0 unspecified atom stereocenters. The summed E-state index contributed by atoms with van der Waals surface area (Å²) in [5.41, 5.74) is 0.603. The number of carbonyl (C=O) groups excluding carboxylic acids is 2. The van der Waals surface area contributed by atoms with Gasteiger partial charge in [-0.2, -0.15) is 0 Å². The number of methoxy groups -OCH3 is 1. The predicted molar refractivity (Wildman–Crippen MR) is 82.0 cm³/mol. The van der Waals surface area contributed by atoms with E-state index in [-0.39, 0.29) is 5.56 Å². The molecular weight excluding hydrogens is 299 g/mol. The van der Waals surface area contributed by atoms with Crippen LogP contribution in [0.2, 0.25) is 0 Å². The number of halogens is 1. The van der Waals surface area contributed by atoms with Crippen LogP contribution in [0.15, 0.2) is 48.8 Å². The van der Waals surface area contributed by atoms with Crippen LogP contribution in [0.25, 0.3) is 0 Å². The molecule has 0 bridgehead atoms. The van der Waals surface area contributed by atoms with Crippen molar-refractivity contribution in [1.82, 2.24) is 10.3 Å². The van der Waals surface area contributed by atoms with Gasteiger partial charge in [0.2, 0.25) is 0 Å². The zero-order chi connectivity index (χ0) is 16.8. The lowest BCUT2D eigenvalue weighted by Gasteiger charge is -2.24. The van der Waals surface area contributed by atoms with Crippen LogP contribution < -0.4 is 5.32 Å². The Balaban J connectivity index is 2.30. The number of nitrogens with one attached hydrogen (secondary N) is 1. The molecule has 6 heteroatoms. The summed E-state index contributed by atoms with van der Waals surface area (Å²) in [7, 11) is 1.28. The van der Waals surface area contributed by atoms with Gasteiger partial charge >= 0.3 is 5.97 Å². The van der Waals surface area contributed by atoms with Gasteiger partial charge in [0.1, 0.15) is 0 Å². The van der Waals surface area contributed by atoms with E-state index in [1.165, 1.54) is 19.4 Å². The molecule has 0 saturated carbocycles. The van der Waals surface area contributed by atoms with Crippen LogP contribution in [0.3, 0.4) is 0 Å². The number of carbonyl (C=O) groups is 2. The minimum atomic E-state index is -0.720. The summed E-state index contributed by atoms with van der Waals surface area (Å²) in [6, 6.07) is 9.64. The normalized spacial score (nSPS) is 13.0. The van der Waals surface area contributed by atoms with Crippen molar-refractivity contribution in [3.05, 3.63) is 65.7 Å². The Bertz CT molecular complexity index is 691. The third-order valence-electron chi connectivity index (χ3n) is 3.54. The second-order valence-electron chi connectivity index (χ2n) is 5.03. The molecule has 0 aliphatic carbocycles. The van der Waals surface area contributed by atoms with Crippen molar-refractivity contribution in [1.29, 1.82) is 0 Å². The van der Waals surface area contributed by atoms with Gasteiger partial charge in [-0.05, 0) is 18.6 Å². The highest BCUT2D eigenvalue weighted by atomic mass is 19.1. The summed E-state index contributed by atoms with van der Waals surface area (Å²) in [5, 5.41) is 2.70. The van der Waals surface area contributed by atoms with Crippen molar-refractivity contribution in [2.75, 3.05) is 7.11 Å². The average molecular weight is 316 g/mol. The van der Waals surface area contributed by atoms with Crippen LogP contribution in [0.1, 0.15) is 28.9 Å². The molecule has 0 aliphatic heterocycles. The second kappa shape index (κ2) is 7.49. The Hall–Kier alpha value is -2.76. The number of hydrogen-bond acceptors (Lipinski definition) is 4. The van der Waals surface area contributed by atoms with Crippen molar-refractivity contribution >= 4 is 11.9 Å². The van der Waals surface area contributed by atoms with Gasteiger partial charge in [0.15, 0.2) is 5.82 Å². The standard InChI is InChI=1S/C17H17FN2O3/c1-11(17(22)23-2)15(12-6-4-3-5-7-12)20-16(21)13-8-9-19-10-14(13)18/h3-11,15H,1-2H3,(H,20,21)/t11-,15+/m0/s1. The Morgan fingerprint density at radius 1 is 1.22 bits per heavy atom. The average Bonchev–Trinajstić information content (AvgIpc) is 2.59. The van der Waals surface area contributed by atoms with Crippen LogP contribution in [0.4, 0.5) is 4.39 Å². The molecule has 1 aromatic carbocycles. The van der Waals surface area contributed by atoms with Crippen LogP contribution in [-0.2, 0) is 9.53 Å². The summed E-state index contributed by atoms with van der Waals surface area (Å²) in [4.78, 5) is 27.8. The molecule has 23 heavy (non-hydrogen) atoms. The molecule has 5 nitrogen and oxygen atoms in total. The minimum absolute atomic E-state index is 0.127. The van der Waals surface area contributed by atoms with Gasteiger partial charge in [-0.3, -0.25) is 14.6 Å². The van der Waals surface area contributed by atoms with E-state index >= 15 is 0 Å². The van der Waals surface area contributed by atoms with E-state index in [9.17, 15) is 14.0 Å². The maximum Gasteiger partial charge on any atom is 0.310 e. The van der Waals surface area contributed by atoms with Crippen molar-refractivity contribution in [2.45, 2.75) is 13.0 Å². The van der Waals surface area contributed by atoms with E-state index in [0.717, 1.165) is 11.8 Å². The topological polar surface area (TPSA) is 68.3 Å². The molecule has 2 rings (SSSR count). The van der Waals surface area contributed by atoms with Crippen LogP contribution in [0.5, 0.6) is 0 Å². The molecule has 0 aliphatic rings. The Labute approximate surface area is 133 Å². The molecule has 1 N–H and O–H groups in total. The fraction of sp³-hybridized carbons (Fsp3) is 0.235. The molecule has 0 saturated heterocycles. The van der Waals surface area contributed by atoms with Crippen molar-refractivity contribution in [3.8, 4) is 0 Å². The number of benzene rings is 1. The summed E-state index contributed by atoms with van der Waals surface area (Å²) >= 11 is 0. The van der Waals surface area contributed by atoms with E-state index in [2.05, 4.69) is 10.3 Å². The molecule has 0 spiro atoms. The number of aromatic nitrogens is 1. The molecule has 2 atom stereocenters. The number of rotatable bonds is 5. The van der Waals surface area contributed by atoms with E-state index in [1.807, 2.05) is 6.07 Å². The first-order chi connectivity index (χ1) is 11.0. The van der Waals surface area contributed by atoms with Crippen LogP contribution >= 0.6 is 0 Å². The van der Waals surface area contributed by atoms with Crippen molar-refractivity contribution in [3.63, 3.8) is 0 Å². The van der Waals surface area contributed by atoms with Gasteiger partial charge in [0.25, 0.3) is 5.91 Å². The molecule has 2 aromatic rings. The maximum absolute atomic E-state index is 13.7. The van der Waals surface area contributed by atoms with E-state index < -0.39 is 29.7 Å².